The Labute approximate surface area is 197 Å². The summed E-state index contributed by atoms with van der Waals surface area (Å²) in [7, 11) is -4.24. The molecular formula is C24H46O7S. The van der Waals surface area contributed by atoms with E-state index in [4.69, 9.17) is 9.47 Å². The first-order valence-electron chi connectivity index (χ1n) is 12.5. The first-order chi connectivity index (χ1) is 15.6. The van der Waals surface area contributed by atoms with Crippen LogP contribution in [-0.4, -0.2) is 41.5 Å². The maximum atomic E-state index is 11.4. The third-order valence-corrected chi connectivity index (χ3v) is 5.61. The van der Waals surface area contributed by atoms with Crippen LogP contribution >= 0.6 is 0 Å². The highest BCUT2D eigenvalue weighted by Gasteiger charge is 2.13. The molecule has 0 unspecified atom stereocenters. The maximum Gasteiger partial charge on any atom is 0.436 e. The van der Waals surface area contributed by atoms with Crippen molar-refractivity contribution in [2.24, 2.45) is 0 Å². The summed E-state index contributed by atoms with van der Waals surface area (Å²) in [6.07, 6.45) is 21.2. The third-order valence-electron chi connectivity index (χ3n) is 4.92. The average molecular weight is 479 g/mol. The van der Waals surface area contributed by atoms with Gasteiger partial charge in [0.2, 0.25) is 0 Å². The van der Waals surface area contributed by atoms with E-state index >= 15 is 0 Å². The summed E-state index contributed by atoms with van der Waals surface area (Å²) < 4.78 is 41.8. The van der Waals surface area contributed by atoms with Gasteiger partial charge in [-0.15, -0.1) is 0 Å². The Morgan fingerprint density at radius 3 is 1.69 bits per heavy atom. The van der Waals surface area contributed by atoms with Gasteiger partial charge in [-0.05, 0) is 17.7 Å². The second kappa shape index (κ2) is 24.8. The fourth-order valence-corrected chi connectivity index (χ4v) is 3.55. The molecule has 0 rings (SSSR count). The molecular weight excluding hydrogens is 432 g/mol. The van der Waals surface area contributed by atoms with Gasteiger partial charge in [-0.3, -0.25) is 4.89 Å². The molecule has 0 bridgehead atoms. The summed E-state index contributed by atoms with van der Waals surface area (Å²) in [6.45, 7) is 5.53. The Balaban J connectivity index is 3.37. The van der Waals surface area contributed by atoms with Crippen molar-refractivity contribution in [3.8, 4) is 12.0 Å². The molecule has 0 aliphatic carbocycles. The van der Waals surface area contributed by atoms with Crippen LogP contribution < -0.4 is 0 Å². The number of ether oxygens (including phenoxy) is 2. The minimum Gasteiger partial charge on any atom is -0.379 e. The van der Waals surface area contributed by atoms with Gasteiger partial charge in [-0.1, -0.05) is 96.3 Å². The molecule has 32 heavy (non-hydrogen) atoms. The first-order valence-corrected chi connectivity index (χ1v) is 13.8. The number of rotatable bonds is 24. The predicted octanol–water partition coefficient (Wildman–Crippen LogP) is 6.08. The van der Waals surface area contributed by atoms with Gasteiger partial charge in [-0.25, -0.2) is 4.18 Å². The zero-order chi connectivity index (χ0) is 23.6. The second-order valence-electron chi connectivity index (χ2n) is 7.82. The van der Waals surface area contributed by atoms with Gasteiger partial charge in [0.15, 0.2) is 6.11 Å². The van der Waals surface area contributed by atoms with Crippen molar-refractivity contribution in [1.82, 2.24) is 0 Å². The SMILES string of the molecule is CCCCCCCCCCCCCCCCC#COOS(=O)(=O)OCCOCCOCC. The lowest BCUT2D eigenvalue weighted by atomic mass is 10.0. The van der Waals surface area contributed by atoms with Crippen molar-refractivity contribution in [3.63, 3.8) is 0 Å². The van der Waals surface area contributed by atoms with Crippen molar-refractivity contribution in [3.05, 3.63) is 0 Å². The molecule has 0 spiro atoms. The molecule has 0 radical (unpaired) electrons. The van der Waals surface area contributed by atoms with Crippen LogP contribution in [-0.2, 0) is 33.3 Å². The summed E-state index contributed by atoms with van der Waals surface area (Å²) in [5, 5.41) is 0. The van der Waals surface area contributed by atoms with Crippen LogP contribution in [0.15, 0.2) is 0 Å². The minimum atomic E-state index is -4.24. The largest absolute Gasteiger partial charge is 0.436 e. The highest BCUT2D eigenvalue weighted by atomic mass is 32.3. The van der Waals surface area contributed by atoms with E-state index in [2.05, 4.69) is 32.4 Å². The van der Waals surface area contributed by atoms with Crippen LogP contribution in [0.25, 0.3) is 0 Å². The van der Waals surface area contributed by atoms with E-state index < -0.39 is 10.4 Å². The van der Waals surface area contributed by atoms with E-state index in [0.29, 0.717) is 26.2 Å². The van der Waals surface area contributed by atoms with Crippen LogP contribution in [0.1, 0.15) is 110 Å². The molecule has 0 N–H and O–H groups in total. The van der Waals surface area contributed by atoms with Gasteiger partial charge in [0.25, 0.3) is 0 Å². The predicted molar refractivity (Wildman–Crippen MR) is 127 cm³/mol. The van der Waals surface area contributed by atoms with Gasteiger partial charge in [0, 0.05) is 13.0 Å². The number of unbranched alkanes of at least 4 members (excludes halogenated alkanes) is 14. The summed E-state index contributed by atoms with van der Waals surface area (Å²) in [4.78, 5) is 4.39. The molecule has 0 aliphatic rings. The van der Waals surface area contributed by atoms with Crippen LogP contribution in [0.2, 0.25) is 0 Å². The van der Waals surface area contributed by atoms with Gasteiger partial charge in [-0.2, -0.15) is 8.42 Å². The minimum absolute atomic E-state index is 0.112. The lowest BCUT2D eigenvalue weighted by molar-refractivity contribution is -0.139. The van der Waals surface area contributed by atoms with E-state index in [-0.39, 0.29) is 13.2 Å². The Morgan fingerprint density at radius 1 is 0.625 bits per heavy atom. The molecule has 0 fully saturated rings. The molecule has 0 aromatic heterocycles. The van der Waals surface area contributed by atoms with Crippen molar-refractivity contribution in [2.75, 3.05) is 33.0 Å². The van der Waals surface area contributed by atoms with Gasteiger partial charge < -0.3 is 9.47 Å². The Hall–Kier alpha value is -0.850. The van der Waals surface area contributed by atoms with E-state index in [1.807, 2.05) is 6.92 Å². The van der Waals surface area contributed by atoms with Crippen molar-refractivity contribution in [2.45, 2.75) is 110 Å². The highest BCUT2D eigenvalue weighted by Crippen LogP contribution is 2.13. The molecule has 190 valence electrons. The quantitative estimate of drug-likeness (QED) is 0.0719. The Morgan fingerprint density at radius 2 is 1.12 bits per heavy atom. The highest BCUT2D eigenvalue weighted by molar-refractivity contribution is 7.81. The van der Waals surface area contributed by atoms with Crippen LogP contribution in [0.5, 0.6) is 0 Å². The van der Waals surface area contributed by atoms with E-state index in [0.717, 1.165) is 12.8 Å². The van der Waals surface area contributed by atoms with Crippen molar-refractivity contribution >= 4 is 10.4 Å². The summed E-state index contributed by atoms with van der Waals surface area (Å²) in [5.74, 6) is 2.74. The molecule has 0 aliphatic heterocycles. The van der Waals surface area contributed by atoms with E-state index in [9.17, 15) is 8.42 Å². The van der Waals surface area contributed by atoms with E-state index in [1.165, 1.54) is 77.0 Å². The molecule has 0 aromatic rings. The molecule has 0 atom stereocenters. The molecule has 7 nitrogen and oxygen atoms in total. The summed E-state index contributed by atoms with van der Waals surface area (Å²) >= 11 is 0. The van der Waals surface area contributed by atoms with Crippen LogP contribution in [0.4, 0.5) is 0 Å². The maximum absolute atomic E-state index is 11.4. The number of hydrogen-bond donors (Lipinski definition) is 0. The normalized spacial score (nSPS) is 11.3. The molecule has 0 amide bonds. The third kappa shape index (κ3) is 25.4. The van der Waals surface area contributed by atoms with Crippen molar-refractivity contribution < 1.29 is 31.3 Å². The standard InChI is InChI=1S/C24H46O7S/c1-3-5-6-7-8-9-10-11-12-13-14-15-16-17-18-19-20-29-31-32(25,26)30-24-23-28-22-21-27-4-2/h3-18,21-24H2,1-2H3. The average Bonchev–Trinajstić information content (AvgIpc) is 2.77. The fourth-order valence-electron chi connectivity index (χ4n) is 3.13. The van der Waals surface area contributed by atoms with Crippen LogP contribution in [0.3, 0.4) is 0 Å². The summed E-state index contributed by atoms with van der Waals surface area (Å²) in [6, 6.07) is 0. The van der Waals surface area contributed by atoms with Crippen LogP contribution in [0, 0.1) is 12.0 Å². The summed E-state index contributed by atoms with van der Waals surface area (Å²) in [5.41, 5.74) is 0. The topological polar surface area (TPSA) is 80.3 Å². The zero-order valence-corrected chi connectivity index (χ0v) is 21.2. The van der Waals surface area contributed by atoms with E-state index in [1.54, 1.807) is 0 Å². The Bertz CT molecular complexity index is 540. The first kappa shape index (κ1) is 31.1. The van der Waals surface area contributed by atoms with Gasteiger partial charge in [0.05, 0.1) is 26.4 Å². The molecule has 0 saturated carbocycles. The fraction of sp³-hybridized carbons (Fsp3) is 0.917. The number of hydrogen-bond acceptors (Lipinski definition) is 7. The Kier molecular flexibility index (Phi) is 24.1. The molecule has 0 aromatic carbocycles. The zero-order valence-electron chi connectivity index (χ0n) is 20.4. The second-order valence-corrected chi connectivity index (χ2v) is 9.00. The lowest BCUT2D eigenvalue weighted by Gasteiger charge is -2.04. The van der Waals surface area contributed by atoms with Crippen molar-refractivity contribution in [1.29, 1.82) is 0 Å². The molecule has 0 heterocycles. The van der Waals surface area contributed by atoms with Gasteiger partial charge in [0.1, 0.15) is 0 Å². The lowest BCUT2D eigenvalue weighted by Crippen LogP contribution is -2.15. The monoisotopic (exact) mass is 478 g/mol. The van der Waals surface area contributed by atoms with Gasteiger partial charge >= 0.3 is 10.4 Å². The molecule has 0 saturated heterocycles. The smallest absolute Gasteiger partial charge is 0.379 e. The molecule has 8 heteroatoms.